The first-order chi connectivity index (χ1) is 9.22. The predicted octanol–water partition coefficient (Wildman–Crippen LogP) is 1.75. The Balaban J connectivity index is 1.60. The van der Waals surface area contributed by atoms with Crippen LogP contribution < -0.4 is 11.1 Å². The van der Waals surface area contributed by atoms with E-state index in [0.717, 1.165) is 11.7 Å². The zero-order chi connectivity index (χ0) is 13.2. The Morgan fingerprint density at radius 2 is 2.26 bits per heavy atom. The van der Waals surface area contributed by atoms with Gasteiger partial charge < -0.3 is 16.0 Å². The van der Waals surface area contributed by atoms with E-state index in [9.17, 15) is 0 Å². The summed E-state index contributed by atoms with van der Waals surface area (Å²) in [5, 5.41) is 3.59. The molecule has 2 fully saturated rings. The van der Waals surface area contributed by atoms with Crippen molar-refractivity contribution in [2.24, 2.45) is 5.73 Å². The number of fused-ring (bicyclic) bond motifs is 1. The molecule has 3 rings (SSSR count). The minimum Gasteiger partial charge on any atom is -0.388 e. The number of piperidine rings is 1. The molecule has 4 nitrogen and oxygen atoms in total. The van der Waals surface area contributed by atoms with Crippen LogP contribution >= 0.6 is 12.2 Å². The highest BCUT2D eigenvalue weighted by atomic mass is 32.1. The molecule has 0 spiro atoms. The third-order valence-corrected chi connectivity index (χ3v) is 4.42. The van der Waals surface area contributed by atoms with Gasteiger partial charge in [0.1, 0.15) is 4.99 Å². The molecule has 5 heteroatoms. The minimum atomic E-state index is 0.353. The Morgan fingerprint density at radius 3 is 3.00 bits per heavy atom. The van der Waals surface area contributed by atoms with Gasteiger partial charge in [-0.05, 0) is 44.4 Å². The van der Waals surface area contributed by atoms with Crippen LogP contribution in [0.15, 0.2) is 18.3 Å². The van der Waals surface area contributed by atoms with Crippen molar-refractivity contribution in [2.75, 3.05) is 18.4 Å². The molecule has 2 saturated heterocycles. The van der Waals surface area contributed by atoms with E-state index in [1.54, 1.807) is 0 Å². The van der Waals surface area contributed by atoms with Crippen molar-refractivity contribution in [2.45, 2.75) is 37.8 Å². The van der Waals surface area contributed by atoms with E-state index < -0.39 is 0 Å². The standard InChI is InChI=1S/C14H20N4S/c15-14(19)13-4-3-11(9-16-13)17-10-5-7-18-6-1-2-12(18)8-10/h3-4,9-10,12,17H,1-2,5-8H2,(H2,15,19). The summed E-state index contributed by atoms with van der Waals surface area (Å²) in [6.45, 7) is 2.52. The van der Waals surface area contributed by atoms with Crippen LogP contribution in [-0.2, 0) is 0 Å². The maximum Gasteiger partial charge on any atom is 0.122 e. The average Bonchev–Trinajstić information content (AvgIpc) is 2.87. The molecular weight excluding hydrogens is 256 g/mol. The number of nitrogens with zero attached hydrogens (tertiary/aromatic N) is 2. The Hall–Kier alpha value is -1.20. The second-order valence-corrected chi connectivity index (χ2v) is 5.93. The molecule has 3 heterocycles. The molecule has 1 aromatic rings. The van der Waals surface area contributed by atoms with Gasteiger partial charge in [0.05, 0.1) is 17.6 Å². The summed E-state index contributed by atoms with van der Waals surface area (Å²) in [6, 6.07) is 5.25. The van der Waals surface area contributed by atoms with Crippen LogP contribution in [0.2, 0.25) is 0 Å². The molecule has 19 heavy (non-hydrogen) atoms. The lowest BCUT2D eigenvalue weighted by molar-refractivity contribution is 0.188. The van der Waals surface area contributed by atoms with Gasteiger partial charge in [-0.3, -0.25) is 4.98 Å². The van der Waals surface area contributed by atoms with Crippen molar-refractivity contribution in [3.8, 4) is 0 Å². The monoisotopic (exact) mass is 276 g/mol. The molecular formula is C14H20N4S. The van der Waals surface area contributed by atoms with Gasteiger partial charge in [-0.25, -0.2) is 0 Å². The number of rotatable bonds is 3. The topological polar surface area (TPSA) is 54.2 Å². The van der Waals surface area contributed by atoms with E-state index in [-0.39, 0.29) is 0 Å². The number of anilines is 1. The maximum absolute atomic E-state index is 5.55. The highest BCUT2D eigenvalue weighted by Crippen LogP contribution is 2.28. The van der Waals surface area contributed by atoms with Gasteiger partial charge >= 0.3 is 0 Å². The van der Waals surface area contributed by atoms with E-state index in [1.807, 2.05) is 18.3 Å². The van der Waals surface area contributed by atoms with E-state index in [0.29, 0.717) is 16.7 Å². The largest absolute Gasteiger partial charge is 0.388 e. The zero-order valence-corrected chi connectivity index (χ0v) is 11.8. The second-order valence-electron chi connectivity index (χ2n) is 5.49. The summed E-state index contributed by atoms with van der Waals surface area (Å²) in [6.07, 6.45) is 7.01. The quantitative estimate of drug-likeness (QED) is 0.824. The van der Waals surface area contributed by atoms with Gasteiger partial charge in [0, 0.05) is 18.6 Å². The van der Waals surface area contributed by atoms with Crippen LogP contribution in [0, 0.1) is 0 Å². The number of thiocarbonyl (C=S) groups is 1. The van der Waals surface area contributed by atoms with Crippen LogP contribution in [0.25, 0.3) is 0 Å². The predicted molar refractivity (Wildman–Crippen MR) is 81.4 cm³/mol. The van der Waals surface area contributed by atoms with Crippen molar-refractivity contribution >= 4 is 22.9 Å². The Bertz CT molecular complexity index is 459. The van der Waals surface area contributed by atoms with E-state index in [2.05, 4.69) is 15.2 Å². The Kier molecular flexibility index (Phi) is 3.66. The lowest BCUT2D eigenvalue weighted by atomic mass is 9.97. The molecule has 2 aliphatic heterocycles. The first-order valence-corrected chi connectivity index (χ1v) is 7.39. The second kappa shape index (κ2) is 5.43. The molecule has 3 N–H and O–H groups in total. The molecule has 0 aromatic carbocycles. The van der Waals surface area contributed by atoms with Crippen molar-refractivity contribution in [3.63, 3.8) is 0 Å². The molecule has 0 saturated carbocycles. The van der Waals surface area contributed by atoms with Gasteiger partial charge in [0.15, 0.2) is 0 Å². The fraction of sp³-hybridized carbons (Fsp3) is 0.571. The number of nitrogens with two attached hydrogens (primary N) is 1. The molecule has 0 radical (unpaired) electrons. The van der Waals surface area contributed by atoms with Gasteiger partial charge in [-0.1, -0.05) is 12.2 Å². The van der Waals surface area contributed by atoms with Crippen LogP contribution in [0.4, 0.5) is 5.69 Å². The molecule has 0 bridgehead atoms. The molecule has 0 amide bonds. The van der Waals surface area contributed by atoms with Crippen LogP contribution in [0.3, 0.4) is 0 Å². The van der Waals surface area contributed by atoms with E-state index in [1.165, 1.54) is 38.8 Å². The number of aromatic nitrogens is 1. The molecule has 2 atom stereocenters. The minimum absolute atomic E-state index is 0.353. The van der Waals surface area contributed by atoms with Gasteiger partial charge in [0.25, 0.3) is 0 Å². The SMILES string of the molecule is NC(=S)c1ccc(NC2CCN3CCCC3C2)cn1. The summed E-state index contributed by atoms with van der Waals surface area (Å²) in [4.78, 5) is 7.25. The highest BCUT2D eigenvalue weighted by molar-refractivity contribution is 7.80. The van der Waals surface area contributed by atoms with E-state index >= 15 is 0 Å². The van der Waals surface area contributed by atoms with Crippen LogP contribution in [-0.4, -0.2) is 40.0 Å². The third-order valence-electron chi connectivity index (χ3n) is 4.21. The van der Waals surface area contributed by atoms with Crippen LogP contribution in [0.5, 0.6) is 0 Å². The van der Waals surface area contributed by atoms with Gasteiger partial charge in [0.2, 0.25) is 0 Å². The highest BCUT2D eigenvalue weighted by Gasteiger charge is 2.31. The lowest BCUT2D eigenvalue weighted by Gasteiger charge is -2.35. The summed E-state index contributed by atoms with van der Waals surface area (Å²) < 4.78 is 0. The zero-order valence-electron chi connectivity index (χ0n) is 11.0. The number of hydrogen-bond donors (Lipinski definition) is 2. The van der Waals surface area contributed by atoms with Crippen molar-refractivity contribution in [3.05, 3.63) is 24.0 Å². The van der Waals surface area contributed by atoms with Crippen molar-refractivity contribution < 1.29 is 0 Å². The number of pyridine rings is 1. The Labute approximate surface area is 119 Å². The smallest absolute Gasteiger partial charge is 0.122 e. The molecule has 102 valence electrons. The van der Waals surface area contributed by atoms with Gasteiger partial charge in [-0.15, -0.1) is 0 Å². The average molecular weight is 276 g/mol. The Morgan fingerprint density at radius 1 is 1.37 bits per heavy atom. The fourth-order valence-corrected chi connectivity index (χ4v) is 3.34. The van der Waals surface area contributed by atoms with Crippen LogP contribution in [0.1, 0.15) is 31.4 Å². The molecule has 0 aliphatic carbocycles. The van der Waals surface area contributed by atoms with Crippen molar-refractivity contribution in [1.82, 2.24) is 9.88 Å². The molecule has 1 aromatic heterocycles. The number of hydrogen-bond acceptors (Lipinski definition) is 4. The first-order valence-electron chi connectivity index (χ1n) is 6.99. The number of nitrogens with one attached hydrogen (secondary N) is 1. The fourth-order valence-electron chi connectivity index (χ4n) is 3.22. The third kappa shape index (κ3) is 2.87. The summed E-state index contributed by atoms with van der Waals surface area (Å²) >= 11 is 4.91. The molecule has 2 aliphatic rings. The normalized spacial score (nSPS) is 26.9. The van der Waals surface area contributed by atoms with E-state index in [4.69, 9.17) is 18.0 Å². The van der Waals surface area contributed by atoms with Crippen molar-refractivity contribution in [1.29, 1.82) is 0 Å². The first kappa shape index (κ1) is 12.8. The summed E-state index contributed by atoms with van der Waals surface area (Å²) in [7, 11) is 0. The summed E-state index contributed by atoms with van der Waals surface area (Å²) in [5.74, 6) is 0. The lowest BCUT2D eigenvalue weighted by Crippen LogP contribution is -2.42. The summed E-state index contributed by atoms with van der Waals surface area (Å²) in [5.41, 5.74) is 7.30. The maximum atomic E-state index is 5.55. The molecule has 2 unspecified atom stereocenters. The van der Waals surface area contributed by atoms with Gasteiger partial charge in [-0.2, -0.15) is 0 Å².